The van der Waals surface area contributed by atoms with Gasteiger partial charge in [0.05, 0.1) is 30.9 Å². The summed E-state index contributed by atoms with van der Waals surface area (Å²) in [5, 5.41) is 4.27. The fourth-order valence-corrected chi connectivity index (χ4v) is 1.93. The SMILES string of the molecule is CCn1ncc(OC)c1C(NN)c1cnc(C)cn1. The van der Waals surface area contributed by atoms with Crippen LogP contribution in [0.3, 0.4) is 0 Å². The van der Waals surface area contributed by atoms with Gasteiger partial charge in [0.15, 0.2) is 5.75 Å². The van der Waals surface area contributed by atoms with Gasteiger partial charge in [-0.3, -0.25) is 20.5 Å². The summed E-state index contributed by atoms with van der Waals surface area (Å²) in [6.45, 7) is 4.61. The number of nitrogens with one attached hydrogen (secondary N) is 1. The van der Waals surface area contributed by atoms with Crippen molar-refractivity contribution in [2.75, 3.05) is 7.11 Å². The molecule has 102 valence electrons. The first-order chi connectivity index (χ1) is 9.21. The topological polar surface area (TPSA) is 90.9 Å². The molecule has 2 rings (SSSR count). The quantitative estimate of drug-likeness (QED) is 0.604. The molecule has 0 aliphatic carbocycles. The number of methoxy groups -OCH3 is 1. The zero-order valence-corrected chi connectivity index (χ0v) is 11.3. The van der Waals surface area contributed by atoms with Gasteiger partial charge in [-0.1, -0.05) is 0 Å². The van der Waals surface area contributed by atoms with Gasteiger partial charge >= 0.3 is 0 Å². The molecule has 2 heterocycles. The van der Waals surface area contributed by atoms with Crippen LogP contribution in [0.15, 0.2) is 18.6 Å². The van der Waals surface area contributed by atoms with Crippen LogP contribution in [-0.4, -0.2) is 26.9 Å². The van der Waals surface area contributed by atoms with Gasteiger partial charge in [-0.15, -0.1) is 0 Å². The molecule has 0 aliphatic rings. The number of ether oxygens (including phenoxy) is 1. The number of aromatic nitrogens is 4. The summed E-state index contributed by atoms with van der Waals surface area (Å²) in [6.07, 6.45) is 5.08. The largest absolute Gasteiger partial charge is 0.493 e. The van der Waals surface area contributed by atoms with Crippen LogP contribution in [0.5, 0.6) is 5.75 Å². The van der Waals surface area contributed by atoms with Crippen LogP contribution in [-0.2, 0) is 6.54 Å². The zero-order valence-electron chi connectivity index (χ0n) is 11.3. The summed E-state index contributed by atoms with van der Waals surface area (Å²) >= 11 is 0. The van der Waals surface area contributed by atoms with Gasteiger partial charge < -0.3 is 4.74 Å². The monoisotopic (exact) mass is 262 g/mol. The van der Waals surface area contributed by atoms with Crippen LogP contribution in [0.25, 0.3) is 0 Å². The van der Waals surface area contributed by atoms with Gasteiger partial charge in [-0.2, -0.15) is 5.10 Å². The van der Waals surface area contributed by atoms with Crippen LogP contribution < -0.4 is 16.0 Å². The van der Waals surface area contributed by atoms with Crippen molar-refractivity contribution in [2.24, 2.45) is 5.84 Å². The van der Waals surface area contributed by atoms with Crippen molar-refractivity contribution in [3.8, 4) is 5.75 Å². The third-order valence-electron chi connectivity index (χ3n) is 2.90. The Labute approximate surface area is 111 Å². The summed E-state index contributed by atoms with van der Waals surface area (Å²) < 4.78 is 7.15. The van der Waals surface area contributed by atoms with Crippen molar-refractivity contribution >= 4 is 0 Å². The smallest absolute Gasteiger partial charge is 0.162 e. The molecule has 0 amide bonds. The fourth-order valence-electron chi connectivity index (χ4n) is 1.93. The molecular formula is C12H18N6O. The number of rotatable bonds is 5. The van der Waals surface area contributed by atoms with E-state index in [1.165, 1.54) is 0 Å². The van der Waals surface area contributed by atoms with Crippen LogP contribution >= 0.6 is 0 Å². The molecule has 0 bridgehead atoms. The molecule has 0 radical (unpaired) electrons. The number of hydrogen-bond acceptors (Lipinski definition) is 6. The maximum Gasteiger partial charge on any atom is 0.162 e. The number of nitrogens with two attached hydrogens (primary N) is 1. The maximum atomic E-state index is 5.67. The van der Waals surface area contributed by atoms with Gasteiger partial charge in [0.2, 0.25) is 0 Å². The van der Waals surface area contributed by atoms with E-state index in [9.17, 15) is 0 Å². The summed E-state index contributed by atoms with van der Waals surface area (Å²) in [5.74, 6) is 6.34. The Morgan fingerprint density at radius 2 is 2.16 bits per heavy atom. The molecule has 7 nitrogen and oxygen atoms in total. The number of hydrogen-bond donors (Lipinski definition) is 2. The fraction of sp³-hybridized carbons (Fsp3) is 0.417. The van der Waals surface area contributed by atoms with E-state index < -0.39 is 0 Å². The standard InChI is InChI=1S/C12H18N6O/c1-4-18-12(10(19-3)7-16-18)11(17-13)9-6-14-8(2)5-15-9/h5-7,11,17H,4,13H2,1-3H3. The van der Waals surface area contributed by atoms with Gasteiger partial charge in [0.25, 0.3) is 0 Å². The molecule has 19 heavy (non-hydrogen) atoms. The van der Waals surface area contributed by atoms with E-state index >= 15 is 0 Å². The Bertz CT molecular complexity index is 514. The highest BCUT2D eigenvalue weighted by atomic mass is 16.5. The molecule has 1 unspecified atom stereocenters. The van der Waals surface area contributed by atoms with Crippen molar-refractivity contribution in [1.29, 1.82) is 0 Å². The van der Waals surface area contributed by atoms with Gasteiger partial charge in [0, 0.05) is 12.7 Å². The Balaban J connectivity index is 2.46. The van der Waals surface area contributed by atoms with Crippen molar-refractivity contribution in [2.45, 2.75) is 26.4 Å². The molecule has 7 heteroatoms. The third kappa shape index (κ3) is 2.56. The third-order valence-corrected chi connectivity index (χ3v) is 2.90. The van der Waals surface area contributed by atoms with E-state index in [-0.39, 0.29) is 6.04 Å². The van der Waals surface area contributed by atoms with E-state index in [1.807, 2.05) is 18.5 Å². The van der Waals surface area contributed by atoms with Gasteiger partial charge in [-0.05, 0) is 13.8 Å². The lowest BCUT2D eigenvalue weighted by Crippen LogP contribution is -2.31. The lowest BCUT2D eigenvalue weighted by Gasteiger charge is -2.17. The lowest BCUT2D eigenvalue weighted by molar-refractivity contribution is 0.398. The van der Waals surface area contributed by atoms with Crippen LogP contribution in [0.2, 0.25) is 0 Å². The van der Waals surface area contributed by atoms with Crippen molar-refractivity contribution < 1.29 is 4.74 Å². The average molecular weight is 262 g/mol. The van der Waals surface area contributed by atoms with Gasteiger partial charge in [-0.25, -0.2) is 5.43 Å². The molecule has 1 atom stereocenters. The second-order valence-electron chi connectivity index (χ2n) is 4.10. The van der Waals surface area contributed by atoms with E-state index in [0.29, 0.717) is 5.75 Å². The highest BCUT2D eigenvalue weighted by Crippen LogP contribution is 2.28. The zero-order chi connectivity index (χ0) is 13.8. The highest BCUT2D eigenvalue weighted by molar-refractivity contribution is 5.33. The molecule has 2 aromatic rings. The molecule has 0 spiro atoms. The van der Waals surface area contributed by atoms with Crippen LogP contribution in [0.1, 0.15) is 30.0 Å². The Morgan fingerprint density at radius 1 is 1.37 bits per heavy atom. The first-order valence-electron chi connectivity index (χ1n) is 6.05. The second-order valence-corrected chi connectivity index (χ2v) is 4.10. The number of aryl methyl sites for hydroxylation is 2. The number of hydrazine groups is 1. The summed E-state index contributed by atoms with van der Waals surface area (Å²) in [6, 6.07) is -0.314. The van der Waals surface area contributed by atoms with E-state index in [1.54, 1.807) is 25.7 Å². The maximum absolute atomic E-state index is 5.67. The Kier molecular flexibility index (Phi) is 4.08. The summed E-state index contributed by atoms with van der Waals surface area (Å²) in [4.78, 5) is 8.59. The minimum atomic E-state index is -0.314. The number of nitrogens with zero attached hydrogens (tertiary/aromatic N) is 4. The lowest BCUT2D eigenvalue weighted by atomic mass is 10.1. The molecule has 3 N–H and O–H groups in total. The molecule has 0 aliphatic heterocycles. The van der Waals surface area contributed by atoms with E-state index in [4.69, 9.17) is 10.6 Å². The van der Waals surface area contributed by atoms with E-state index in [0.717, 1.165) is 23.6 Å². The Morgan fingerprint density at radius 3 is 2.68 bits per heavy atom. The predicted molar refractivity (Wildman–Crippen MR) is 70.4 cm³/mol. The minimum absolute atomic E-state index is 0.314. The summed E-state index contributed by atoms with van der Waals surface area (Å²) in [5.41, 5.74) is 5.17. The Hall–Kier alpha value is -1.99. The molecule has 0 aromatic carbocycles. The van der Waals surface area contributed by atoms with Crippen molar-refractivity contribution in [3.05, 3.63) is 35.7 Å². The second kappa shape index (κ2) is 5.77. The highest BCUT2D eigenvalue weighted by Gasteiger charge is 2.23. The first-order valence-corrected chi connectivity index (χ1v) is 6.05. The molecular weight excluding hydrogens is 244 g/mol. The van der Waals surface area contributed by atoms with E-state index in [2.05, 4.69) is 20.5 Å². The first kappa shape index (κ1) is 13.4. The molecule has 0 saturated heterocycles. The molecule has 2 aromatic heterocycles. The molecule has 0 saturated carbocycles. The van der Waals surface area contributed by atoms with Crippen molar-refractivity contribution in [3.63, 3.8) is 0 Å². The molecule has 0 fully saturated rings. The normalized spacial score (nSPS) is 12.4. The summed E-state index contributed by atoms with van der Waals surface area (Å²) in [7, 11) is 1.61. The minimum Gasteiger partial charge on any atom is -0.493 e. The van der Waals surface area contributed by atoms with Crippen LogP contribution in [0, 0.1) is 6.92 Å². The average Bonchev–Trinajstić information content (AvgIpc) is 2.85. The van der Waals surface area contributed by atoms with Gasteiger partial charge in [0.1, 0.15) is 11.7 Å². The van der Waals surface area contributed by atoms with Crippen molar-refractivity contribution in [1.82, 2.24) is 25.2 Å². The van der Waals surface area contributed by atoms with Crippen LogP contribution in [0.4, 0.5) is 0 Å². The predicted octanol–water partition coefficient (Wildman–Crippen LogP) is 0.563.